The summed E-state index contributed by atoms with van der Waals surface area (Å²) >= 11 is 0. The lowest BCUT2D eigenvalue weighted by atomic mass is 9.94. The molecule has 0 bridgehead atoms. The number of halogens is 2. The SMILES string of the molecule is CC(C)[C@@H](O)[C@@H](N)c1ccccc1OC(F)F. The fourth-order valence-corrected chi connectivity index (χ4v) is 1.56. The standard InChI is InChI=1S/C12H17F2NO2/c1-7(2)11(16)10(15)8-5-3-4-6-9(8)17-12(13)14/h3-7,10-12,16H,15H2,1-2H3/t10-,11+/m0/s1. The van der Waals surface area contributed by atoms with Crippen LogP contribution in [0, 0.1) is 5.92 Å². The van der Waals surface area contributed by atoms with Crippen LogP contribution in [-0.4, -0.2) is 17.8 Å². The first-order valence-corrected chi connectivity index (χ1v) is 5.41. The van der Waals surface area contributed by atoms with Gasteiger partial charge < -0.3 is 15.6 Å². The van der Waals surface area contributed by atoms with Crippen LogP contribution in [0.4, 0.5) is 8.78 Å². The molecule has 0 heterocycles. The maximum Gasteiger partial charge on any atom is 0.387 e. The van der Waals surface area contributed by atoms with Crippen LogP contribution in [0.3, 0.4) is 0 Å². The van der Waals surface area contributed by atoms with Gasteiger partial charge in [-0.25, -0.2) is 0 Å². The summed E-state index contributed by atoms with van der Waals surface area (Å²) in [5.74, 6) is -0.0562. The third-order valence-corrected chi connectivity index (χ3v) is 2.55. The van der Waals surface area contributed by atoms with Crippen molar-refractivity contribution < 1.29 is 18.6 Å². The molecule has 0 spiro atoms. The zero-order valence-corrected chi connectivity index (χ0v) is 9.81. The van der Waals surface area contributed by atoms with Crippen LogP contribution < -0.4 is 10.5 Å². The minimum atomic E-state index is -2.90. The van der Waals surface area contributed by atoms with E-state index in [2.05, 4.69) is 4.74 Å². The lowest BCUT2D eigenvalue weighted by Crippen LogP contribution is -2.31. The Morgan fingerprint density at radius 2 is 1.82 bits per heavy atom. The van der Waals surface area contributed by atoms with Crippen molar-refractivity contribution in [2.45, 2.75) is 32.6 Å². The Morgan fingerprint density at radius 3 is 2.35 bits per heavy atom. The number of alkyl halides is 2. The van der Waals surface area contributed by atoms with Gasteiger partial charge in [0.1, 0.15) is 5.75 Å². The van der Waals surface area contributed by atoms with Crippen LogP contribution in [0.5, 0.6) is 5.75 Å². The number of hydrogen-bond acceptors (Lipinski definition) is 3. The van der Waals surface area contributed by atoms with Gasteiger partial charge in [0.2, 0.25) is 0 Å². The van der Waals surface area contributed by atoms with Crippen LogP contribution in [0.15, 0.2) is 24.3 Å². The summed E-state index contributed by atoms with van der Waals surface area (Å²) in [5, 5.41) is 9.84. The minimum absolute atomic E-state index is 0.00898. The Bertz CT molecular complexity index is 358. The second-order valence-corrected chi connectivity index (χ2v) is 4.18. The molecule has 1 rings (SSSR count). The van der Waals surface area contributed by atoms with Crippen LogP contribution in [-0.2, 0) is 0 Å². The molecule has 3 nitrogen and oxygen atoms in total. The van der Waals surface area contributed by atoms with Gasteiger partial charge in [-0.1, -0.05) is 32.0 Å². The first-order chi connectivity index (χ1) is 7.93. The summed E-state index contributed by atoms with van der Waals surface area (Å²) in [6.07, 6.45) is -0.808. The molecule has 0 saturated carbocycles. The number of benzene rings is 1. The number of para-hydroxylation sites is 1. The van der Waals surface area contributed by atoms with Crippen molar-refractivity contribution in [1.82, 2.24) is 0 Å². The number of aliphatic hydroxyl groups excluding tert-OH is 1. The van der Waals surface area contributed by atoms with Gasteiger partial charge in [-0.15, -0.1) is 0 Å². The molecule has 96 valence electrons. The maximum atomic E-state index is 12.2. The van der Waals surface area contributed by atoms with E-state index in [0.717, 1.165) is 0 Å². The first-order valence-electron chi connectivity index (χ1n) is 5.41. The zero-order chi connectivity index (χ0) is 13.0. The molecule has 0 unspecified atom stereocenters. The smallest absolute Gasteiger partial charge is 0.387 e. The number of rotatable bonds is 5. The second kappa shape index (κ2) is 5.93. The van der Waals surface area contributed by atoms with E-state index in [4.69, 9.17) is 5.73 Å². The number of hydrogen-bond donors (Lipinski definition) is 2. The topological polar surface area (TPSA) is 55.5 Å². The molecule has 0 aliphatic heterocycles. The van der Waals surface area contributed by atoms with E-state index in [-0.39, 0.29) is 11.7 Å². The summed E-state index contributed by atoms with van der Waals surface area (Å²) in [5.41, 5.74) is 6.22. The number of ether oxygens (including phenoxy) is 1. The van der Waals surface area contributed by atoms with E-state index < -0.39 is 18.8 Å². The predicted octanol–water partition coefficient (Wildman–Crippen LogP) is 2.30. The van der Waals surface area contributed by atoms with Crippen molar-refractivity contribution in [3.05, 3.63) is 29.8 Å². The average Bonchev–Trinajstić information content (AvgIpc) is 2.27. The third kappa shape index (κ3) is 3.64. The van der Waals surface area contributed by atoms with Crippen molar-refractivity contribution in [2.24, 2.45) is 11.7 Å². The Morgan fingerprint density at radius 1 is 1.24 bits per heavy atom. The normalized spacial score (nSPS) is 15.1. The number of aliphatic hydroxyl groups is 1. The summed E-state index contributed by atoms with van der Waals surface area (Å²) in [6, 6.07) is 5.49. The molecule has 0 radical (unpaired) electrons. The maximum absolute atomic E-state index is 12.2. The Kier molecular flexibility index (Phi) is 4.84. The fraction of sp³-hybridized carbons (Fsp3) is 0.500. The lowest BCUT2D eigenvalue weighted by molar-refractivity contribution is -0.0512. The number of nitrogens with two attached hydrogens (primary N) is 1. The van der Waals surface area contributed by atoms with E-state index >= 15 is 0 Å². The largest absolute Gasteiger partial charge is 0.434 e. The predicted molar refractivity (Wildman–Crippen MR) is 60.8 cm³/mol. The van der Waals surface area contributed by atoms with Gasteiger partial charge in [0.15, 0.2) is 0 Å². The molecule has 0 fully saturated rings. The highest BCUT2D eigenvalue weighted by Gasteiger charge is 2.23. The van der Waals surface area contributed by atoms with Gasteiger partial charge in [-0.2, -0.15) is 8.78 Å². The summed E-state index contributed by atoms with van der Waals surface area (Å²) < 4.78 is 28.8. The molecule has 0 amide bonds. The van der Waals surface area contributed by atoms with Crippen LogP contribution in [0.25, 0.3) is 0 Å². The molecule has 5 heteroatoms. The molecule has 0 aromatic heterocycles. The highest BCUT2D eigenvalue weighted by atomic mass is 19.3. The van der Waals surface area contributed by atoms with Gasteiger partial charge in [0.25, 0.3) is 0 Å². The molecule has 1 aromatic carbocycles. The Labute approximate surface area is 99.2 Å². The van der Waals surface area contributed by atoms with Crippen molar-refractivity contribution in [3.63, 3.8) is 0 Å². The van der Waals surface area contributed by atoms with E-state index in [0.29, 0.717) is 5.56 Å². The second-order valence-electron chi connectivity index (χ2n) is 4.18. The molecule has 1 aromatic rings. The molecular weight excluding hydrogens is 228 g/mol. The molecule has 0 aliphatic carbocycles. The van der Waals surface area contributed by atoms with Gasteiger partial charge in [0.05, 0.1) is 12.1 Å². The van der Waals surface area contributed by atoms with E-state index in [9.17, 15) is 13.9 Å². The fourth-order valence-electron chi connectivity index (χ4n) is 1.56. The quantitative estimate of drug-likeness (QED) is 0.837. The Balaban J connectivity index is 2.96. The third-order valence-electron chi connectivity index (χ3n) is 2.55. The molecule has 2 atom stereocenters. The van der Waals surface area contributed by atoms with Crippen molar-refractivity contribution in [2.75, 3.05) is 0 Å². The summed E-state index contributed by atoms with van der Waals surface area (Å²) in [4.78, 5) is 0. The van der Waals surface area contributed by atoms with Crippen LogP contribution in [0.2, 0.25) is 0 Å². The molecule has 3 N–H and O–H groups in total. The van der Waals surface area contributed by atoms with Crippen LogP contribution >= 0.6 is 0 Å². The van der Waals surface area contributed by atoms with Crippen molar-refractivity contribution in [1.29, 1.82) is 0 Å². The van der Waals surface area contributed by atoms with Gasteiger partial charge >= 0.3 is 6.61 Å². The van der Waals surface area contributed by atoms with Crippen LogP contribution in [0.1, 0.15) is 25.5 Å². The van der Waals surface area contributed by atoms with Crippen molar-refractivity contribution in [3.8, 4) is 5.75 Å². The van der Waals surface area contributed by atoms with Gasteiger partial charge in [-0.05, 0) is 12.0 Å². The minimum Gasteiger partial charge on any atom is -0.434 e. The molecular formula is C12H17F2NO2. The molecule has 17 heavy (non-hydrogen) atoms. The molecule has 0 saturated heterocycles. The highest BCUT2D eigenvalue weighted by molar-refractivity contribution is 5.36. The summed E-state index contributed by atoms with van der Waals surface area (Å²) in [7, 11) is 0. The van der Waals surface area contributed by atoms with E-state index in [1.54, 1.807) is 32.0 Å². The van der Waals surface area contributed by atoms with Gasteiger partial charge in [-0.3, -0.25) is 0 Å². The highest BCUT2D eigenvalue weighted by Crippen LogP contribution is 2.29. The first kappa shape index (κ1) is 13.9. The van der Waals surface area contributed by atoms with E-state index in [1.807, 2.05) is 0 Å². The molecule has 0 aliphatic rings. The lowest BCUT2D eigenvalue weighted by Gasteiger charge is -2.24. The van der Waals surface area contributed by atoms with Crippen molar-refractivity contribution >= 4 is 0 Å². The zero-order valence-electron chi connectivity index (χ0n) is 9.81. The monoisotopic (exact) mass is 245 g/mol. The Hall–Kier alpha value is -1.20. The van der Waals surface area contributed by atoms with Gasteiger partial charge in [0, 0.05) is 5.56 Å². The van der Waals surface area contributed by atoms with E-state index in [1.165, 1.54) is 6.07 Å². The summed E-state index contributed by atoms with van der Waals surface area (Å²) in [6.45, 7) is 0.710. The average molecular weight is 245 g/mol.